The lowest BCUT2D eigenvalue weighted by molar-refractivity contribution is -0.116. The lowest BCUT2D eigenvalue weighted by Gasteiger charge is -2.05. The first-order valence-corrected chi connectivity index (χ1v) is 6.05. The summed E-state index contributed by atoms with van der Waals surface area (Å²) in [5, 5.41) is 9.78. The molecule has 0 spiro atoms. The Morgan fingerprint density at radius 3 is 2.71 bits per heavy atom. The highest BCUT2D eigenvalue weighted by atomic mass is 35.5. The van der Waals surface area contributed by atoms with Gasteiger partial charge in [0.25, 0.3) is 0 Å². The maximum atomic E-state index is 11.6. The van der Waals surface area contributed by atoms with Crippen molar-refractivity contribution in [2.75, 3.05) is 18.9 Å². The van der Waals surface area contributed by atoms with Crippen LogP contribution in [0.3, 0.4) is 0 Å². The fourth-order valence-corrected chi connectivity index (χ4v) is 1.57. The number of hydrogen-bond donors (Lipinski definition) is 2. The van der Waals surface area contributed by atoms with Gasteiger partial charge in [-0.3, -0.25) is 4.79 Å². The number of anilines is 1. The molecule has 0 unspecified atom stereocenters. The van der Waals surface area contributed by atoms with Crippen molar-refractivity contribution < 1.29 is 4.79 Å². The molecule has 0 bridgehead atoms. The summed E-state index contributed by atoms with van der Waals surface area (Å²) in [6.07, 6.45) is 5.92. The average molecular weight is 333 g/mol. The molecular weight excluding hydrogens is 315 g/mol. The normalized spacial score (nSPS) is 9.38. The quantitative estimate of drug-likeness (QED) is 0.782. The van der Waals surface area contributed by atoms with Gasteiger partial charge in [-0.25, -0.2) is 14.6 Å². The zero-order chi connectivity index (χ0) is 13.5. The molecule has 0 atom stereocenters. The van der Waals surface area contributed by atoms with E-state index in [0.29, 0.717) is 17.9 Å². The van der Waals surface area contributed by atoms with Gasteiger partial charge in [0.05, 0.1) is 11.9 Å². The van der Waals surface area contributed by atoms with E-state index in [-0.39, 0.29) is 30.7 Å². The third-order valence-electron chi connectivity index (χ3n) is 2.52. The average Bonchev–Trinajstić information content (AvgIpc) is 2.94. The largest absolute Gasteiger partial charge is 0.325 e. The van der Waals surface area contributed by atoms with E-state index in [1.165, 1.54) is 6.33 Å². The number of carbonyl (C=O) groups is 1. The molecule has 0 saturated carbocycles. The summed E-state index contributed by atoms with van der Waals surface area (Å²) >= 11 is 0. The maximum Gasteiger partial charge on any atom is 0.224 e. The van der Waals surface area contributed by atoms with Crippen LogP contribution in [0.15, 0.2) is 31.0 Å². The lowest BCUT2D eigenvalue weighted by Crippen LogP contribution is -2.15. The van der Waals surface area contributed by atoms with Gasteiger partial charge in [-0.2, -0.15) is 5.10 Å². The third kappa shape index (κ3) is 6.07. The summed E-state index contributed by atoms with van der Waals surface area (Å²) in [5.74, 6) is 0.649. The van der Waals surface area contributed by atoms with Crippen LogP contribution in [0.1, 0.15) is 12.8 Å². The summed E-state index contributed by atoms with van der Waals surface area (Å²) in [7, 11) is 1.87. The summed E-state index contributed by atoms with van der Waals surface area (Å²) in [6.45, 7) is 0.830. The number of pyridine rings is 1. The van der Waals surface area contributed by atoms with E-state index < -0.39 is 0 Å². The highest BCUT2D eigenvalue weighted by Gasteiger charge is 2.03. The van der Waals surface area contributed by atoms with E-state index in [9.17, 15) is 4.79 Å². The van der Waals surface area contributed by atoms with Crippen LogP contribution in [-0.2, 0) is 4.79 Å². The number of nitrogens with zero attached hydrogens (tertiary/aromatic N) is 4. The van der Waals surface area contributed by atoms with Crippen LogP contribution in [0.5, 0.6) is 0 Å². The highest BCUT2D eigenvalue weighted by molar-refractivity contribution is 5.90. The van der Waals surface area contributed by atoms with E-state index >= 15 is 0 Å². The van der Waals surface area contributed by atoms with Crippen LogP contribution >= 0.6 is 24.8 Å². The Morgan fingerprint density at radius 2 is 2.14 bits per heavy atom. The standard InChI is InChI=1S/C12H16N6O.2ClH/c1-13-6-2-3-12(19)17-10-4-5-11(15-7-10)18-9-14-8-16-18;;/h4-5,7-9,13H,2-3,6H2,1H3,(H,17,19);2*1H. The molecule has 2 rings (SSSR count). The molecular formula is C12H18Cl2N6O. The number of carbonyl (C=O) groups excluding carboxylic acids is 1. The Morgan fingerprint density at radius 1 is 1.33 bits per heavy atom. The molecule has 2 aromatic rings. The lowest BCUT2D eigenvalue weighted by atomic mass is 10.3. The minimum atomic E-state index is -0.00874. The van der Waals surface area contributed by atoms with Crippen LogP contribution in [0, 0.1) is 0 Å². The van der Waals surface area contributed by atoms with Crippen molar-refractivity contribution in [1.82, 2.24) is 25.1 Å². The van der Waals surface area contributed by atoms with Crippen molar-refractivity contribution in [2.45, 2.75) is 12.8 Å². The summed E-state index contributed by atoms with van der Waals surface area (Å²) in [5.41, 5.74) is 0.679. The molecule has 0 fully saturated rings. The third-order valence-corrected chi connectivity index (χ3v) is 2.52. The zero-order valence-corrected chi connectivity index (χ0v) is 13.2. The second kappa shape index (κ2) is 10.1. The van der Waals surface area contributed by atoms with Gasteiger partial charge in [-0.15, -0.1) is 24.8 Å². The molecule has 0 aliphatic heterocycles. The first-order chi connectivity index (χ1) is 9.29. The number of rotatable bonds is 6. The fourth-order valence-electron chi connectivity index (χ4n) is 1.57. The predicted octanol–water partition coefficient (Wildman–Crippen LogP) is 1.44. The molecule has 0 aliphatic carbocycles. The first kappa shape index (κ1) is 19.3. The minimum absolute atomic E-state index is 0. The van der Waals surface area contributed by atoms with Crippen molar-refractivity contribution in [3.05, 3.63) is 31.0 Å². The van der Waals surface area contributed by atoms with Crippen molar-refractivity contribution >= 4 is 36.4 Å². The van der Waals surface area contributed by atoms with Crippen molar-refractivity contribution in [2.24, 2.45) is 0 Å². The van der Waals surface area contributed by atoms with Gasteiger partial charge >= 0.3 is 0 Å². The van der Waals surface area contributed by atoms with Gasteiger partial charge in [0.2, 0.25) is 5.91 Å². The number of nitrogens with one attached hydrogen (secondary N) is 2. The van der Waals surface area contributed by atoms with Gasteiger partial charge in [-0.05, 0) is 32.1 Å². The molecule has 0 saturated heterocycles. The zero-order valence-electron chi connectivity index (χ0n) is 11.5. The monoisotopic (exact) mass is 332 g/mol. The second-order valence-electron chi connectivity index (χ2n) is 4.00. The SMILES string of the molecule is CNCCCC(=O)Nc1ccc(-n2cncn2)nc1.Cl.Cl. The Labute approximate surface area is 135 Å². The maximum absolute atomic E-state index is 11.6. The molecule has 116 valence electrons. The summed E-state index contributed by atoms with van der Waals surface area (Å²) in [4.78, 5) is 19.7. The Bertz CT molecular complexity index is 517. The van der Waals surface area contributed by atoms with Gasteiger partial charge in [0.15, 0.2) is 5.82 Å². The molecule has 0 aromatic carbocycles. The number of amides is 1. The molecule has 0 radical (unpaired) electrons. The smallest absolute Gasteiger partial charge is 0.224 e. The highest BCUT2D eigenvalue weighted by Crippen LogP contribution is 2.09. The molecule has 2 aromatic heterocycles. The molecule has 21 heavy (non-hydrogen) atoms. The minimum Gasteiger partial charge on any atom is -0.325 e. The topological polar surface area (TPSA) is 84.7 Å². The van der Waals surface area contributed by atoms with Gasteiger partial charge in [-0.1, -0.05) is 0 Å². The van der Waals surface area contributed by atoms with E-state index in [2.05, 4.69) is 25.7 Å². The van der Waals surface area contributed by atoms with Crippen LogP contribution in [0.2, 0.25) is 0 Å². The Kier molecular flexibility index (Phi) is 9.27. The molecule has 1 amide bonds. The van der Waals surface area contributed by atoms with Crippen LogP contribution in [0.4, 0.5) is 5.69 Å². The molecule has 2 N–H and O–H groups in total. The van der Waals surface area contributed by atoms with Crippen LogP contribution < -0.4 is 10.6 Å². The molecule has 9 heteroatoms. The molecule has 7 nitrogen and oxygen atoms in total. The van der Waals surface area contributed by atoms with E-state index in [4.69, 9.17) is 0 Å². The van der Waals surface area contributed by atoms with Crippen LogP contribution in [-0.4, -0.2) is 39.2 Å². The molecule has 2 heterocycles. The Balaban J connectivity index is 0.00000200. The number of aromatic nitrogens is 4. The van der Waals surface area contributed by atoms with Crippen molar-refractivity contribution in [3.8, 4) is 5.82 Å². The van der Waals surface area contributed by atoms with Crippen LogP contribution in [0.25, 0.3) is 5.82 Å². The second-order valence-corrected chi connectivity index (χ2v) is 4.00. The fraction of sp³-hybridized carbons (Fsp3) is 0.333. The van der Waals surface area contributed by atoms with Crippen molar-refractivity contribution in [3.63, 3.8) is 0 Å². The van der Waals surface area contributed by atoms with E-state index in [1.54, 1.807) is 29.3 Å². The van der Waals surface area contributed by atoms with Gasteiger partial charge in [0.1, 0.15) is 12.7 Å². The number of halogens is 2. The summed E-state index contributed by atoms with van der Waals surface area (Å²) in [6, 6.07) is 3.57. The van der Waals surface area contributed by atoms with E-state index in [1.807, 2.05) is 7.05 Å². The predicted molar refractivity (Wildman–Crippen MR) is 85.4 cm³/mol. The molecule has 0 aliphatic rings. The first-order valence-electron chi connectivity index (χ1n) is 6.05. The van der Waals surface area contributed by atoms with E-state index in [0.717, 1.165) is 13.0 Å². The summed E-state index contributed by atoms with van der Waals surface area (Å²) < 4.78 is 1.55. The number of hydrogen-bond acceptors (Lipinski definition) is 5. The van der Waals surface area contributed by atoms with Gasteiger partial charge < -0.3 is 10.6 Å². The Hall–Kier alpha value is -1.70. The van der Waals surface area contributed by atoms with Crippen molar-refractivity contribution in [1.29, 1.82) is 0 Å². The van der Waals surface area contributed by atoms with Gasteiger partial charge in [0, 0.05) is 6.42 Å².